The van der Waals surface area contributed by atoms with E-state index in [1.54, 1.807) is 19.1 Å². The largest absolute Gasteiger partial charge is 0.345 e. The van der Waals surface area contributed by atoms with Gasteiger partial charge < -0.3 is 10.2 Å². The van der Waals surface area contributed by atoms with E-state index in [0.717, 1.165) is 31.6 Å². The molecular weight excluding hydrogens is 297 g/mol. The standard InChI is InChI=1S/C17H24FN3O2/c1-13(19-14(2)22)17(23)21-9-3-8-20(10-11-21)12-15-4-6-16(18)7-5-15/h4-7,13H,3,8-12H2,1-2H3,(H,19,22). The highest BCUT2D eigenvalue weighted by Crippen LogP contribution is 2.11. The zero-order valence-electron chi connectivity index (χ0n) is 13.7. The maximum Gasteiger partial charge on any atom is 0.244 e. The number of rotatable bonds is 4. The highest BCUT2D eigenvalue weighted by Gasteiger charge is 2.23. The van der Waals surface area contributed by atoms with Crippen LogP contribution in [0.2, 0.25) is 0 Å². The highest BCUT2D eigenvalue weighted by atomic mass is 19.1. The van der Waals surface area contributed by atoms with Gasteiger partial charge in [0.05, 0.1) is 0 Å². The van der Waals surface area contributed by atoms with Gasteiger partial charge in [-0.1, -0.05) is 12.1 Å². The molecule has 1 aliphatic heterocycles. The summed E-state index contributed by atoms with van der Waals surface area (Å²) in [6, 6.07) is 6.04. The lowest BCUT2D eigenvalue weighted by atomic mass is 10.2. The van der Waals surface area contributed by atoms with Crippen LogP contribution >= 0.6 is 0 Å². The van der Waals surface area contributed by atoms with E-state index in [2.05, 4.69) is 10.2 Å². The molecule has 0 aliphatic carbocycles. The Hall–Kier alpha value is -1.95. The minimum Gasteiger partial charge on any atom is -0.345 e. The van der Waals surface area contributed by atoms with Gasteiger partial charge in [-0.2, -0.15) is 0 Å². The predicted molar refractivity (Wildman–Crippen MR) is 86.2 cm³/mol. The van der Waals surface area contributed by atoms with Crippen LogP contribution < -0.4 is 5.32 Å². The summed E-state index contributed by atoms with van der Waals surface area (Å²) in [5, 5.41) is 2.64. The van der Waals surface area contributed by atoms with E-state index in [0.29, 0.717) is 13.1 Å². The van der Waals surface area contributed by atoms with Crippen molar-refractivity contribution < 1.29 is 14.0 Å². The summed E-state index contributed by atoms with van der Waals surface area (Å²) in [6.07, 6.45) is 0.889. The summed E-state index contributed by atoms with van der Waals surface area (Å²) < 4.78 is 12.9. The smallest absolute Gasteiger partial charge is 0.244 e. The lowest BCUT2D eigenvalue weighted by molar-refractivity contribution is -0.135. The SMILES string of the molecule is CC(=O)NC(C)C(=O)N1CCCN(Cc2ccc(F)cc2)CC1. The molecule has 2 rings (SSSR count). The lowest BCUT2D eigenvalue weighted by Crippen LogP contribution is -2.47. The third-order valence-corrected chi connectivity index (χ3v) is 4.01. The van der Waals surface area contributed by atoms with E-state index in [-0.39, 0.29) is 17.6 Å². The van der Waals surface area contributed by atoms with Crippen molar-refractivity contribution in [2.45, 2.75) is 32.9 Å². The van der Waals surface area contributed by atoms with Gasteiger partial charge in [0.25, 0.3) is 0 Å². The molecule has 2 amide bonds. The molecule has 1 saturated heterocycles. The van der Waals surface area contributed by atoms with Gasteiger partial charge in [-0.15, -0.1) is 0 Å². The number of hydrogen-bond donors (Lipinski definition) is 1. The summed E-state index contributed by atoms with van der Waals surface area (Å²) in [4.78, 5) is 27.5. The van der Waals surface area contributed by atoms with Gasteiger partial charge in [0.15, 0.2) is 0 Å². The molecule has 1 N–H and O–H groups in total. The Labute approximate surface area is 136 Å². The van der Waals surface area contributed by atoms with E-state index < -0.39 is 6.04 Å². The Morgan fingerprint density at radius 2 is 1.87 bits per heavy atom. The van der Waals surface area contributed by atoms with Gasteiger partial charge in [0, 0.05) is 39.6 Å². The van der Waals surface area contributed by atoms with Gasteiger partial charge in [0.1, 0.15) is 11.9 Å². The van der Waals surface area contributed by atoms with Crippen molar-refractivity contribution >= 4 is 11.8 Å². The van der Waals surface area contributed by atoms with Crippen LogP contribution in [0.4, 0.5) is 4.39 Å². The maximum absolute atomic E-state index is 12.9. The highest BCUT2D eigenvalue weighted by molar-refractivity contribution is 5.86. The maximum atomic E-state index is 12.9. The van der Waals surface area contributed by atoms with E-state index in [9.17, 15) is 14.0 Å². The van der Waals surface area contributed by atoms with Crippen molar-refractivity contribution in [2.24, 2.45) is 0 Å². The second-order valence-corrected chi connectivity index (χ2v) is 6.00. The molecule has 0 radical (unpaired) electrons. The normalized spacial score (nSPS) is 17.4. The Kier molecular flexibility index (Phi) is 6.10. The number of carbonyl (C=O) groups is 2. The molecule has 0 aromatic heterocycles. The molecule has 1 aromatic carbocycles. The molecule has 1 unspecified atom stereocenters. The van der Waals surface area contributed by atoms with Crippen LogP contribution in [0.3, 0.4) is 0 Å². The molecule has 1 aliphatic rings. The summed E-state index contributed by atoms with van der Waals surface area (Å²) in [5.74, 6) is -0.462. The first kappa shape index (κ1) is 17.4. The third-order valence-electron chi connectivity index (χ3n) is 4.01. The molecule has 23 heavy (non-hydrogen) atoms. The quantitative estimate of drug-likeness (QED) is 0.912. The molecule has 1 aromatic rings. The topological polar surface area (TPSA) is 52.7 Å². The van der Waals surface area contributed by atoms with Crippen LogP contribution in [-0.2, 0) is 16.1 Å². The molecule has 1 heterocycles. The van der Waals surface area contributed by atoms with Crippen molar-refractivity contribution in [3.05, 3.63) is 35.6 Å². The van der Waals surface area contributed by atoms with Crippen LogP contribution in [0.5, 0.6) is 0 Å². The van der Waals surface area contributed by atoms with Gasteiger partial charge >= 0.3 is 0 Å². The number of hydrogen-bond acceptors (Lipinski definition) is 3. The number of halogens is 1. The van der Waals surface area contributed by atoms with Crippen LogP contribution in [0, 0.1) is 5.82 Å². The van der Waals surface area contributed by atoms with Crippen LogP contribution in [0.15, 0.2) is 24.3 Å². The molecule has 5 nitrogen and oxygen atoms in total. The first-order valence-electron chi connectivity index (χ1n) is 7.98. The van der Waals surface area contributed by atoms with Gasteiger partial charge in [-0.05, 0) is 31.0 Å². The van der Waals surface area contributed by atoms with Crippen molar-refractivity contribution in [1.82, 2.24) is 15.1 Å². The van der Waals surface area contributed by atoms with Crippen molar-refractivity contribution in [3.63, 3.8) is 0 Å². The molecule has 6 heteroatoms. The number of amides is 2. The number of benzene rings is 1. The van der Waals surface area contributed by atoms with E-state index in [1.807, 2.05) is 4.90 Å². The number of nitrogens with one attached hydrogen (secondary N) is 1. The molecule has 1 fully saturated rings. The Morgan fingerprint density at radius 1 is 1.17 bits per heavy atom. The van der Waals surface area contributed by atoms with Gasteiger partial charge in [0.2, 0.25) is 11.8 Å². The first-order valence-corrected chi connectivity index (χ1v) is 7.98. The molecule has 0 saturated carbocycles. The van der Waals surface area contributed by atoms with Crippen LogP contribution in [-0.4, -0.2) is 53.8 Å². The first-order chi connectivity index (χ1) is 11.0. The van der Waals surface area contributed by atoms with Crippen LogP contribution in [0.1, 0.15) is 25.8 Å². The summed E-state index contributed by atoms with van der Waals surface area (Å²) in [7, 11) is 0. The van der Waals surface area contributed by atoms with Crippen molar-refractivity contribution in [3.8, 4) is 0 Å². The minimum atomic E-state index is -0.490. The Morgan fingerprint density at radius 3 is 2.52 bits per heavy atom. The summed E-state index contributed by atoms with van der Waals surface area (Å²) in [6.45, 7) is 6.89. The minimum absolute atomic E-state index is 0.0381. The van der Waals surface area contributed by atoms with Gasteiger partial charge in [-0.25, -0.2) is 4.39 Å². The molecule has 126 valence electrons. The summed E-state index contributed by atoms with van der Waals surface area (Å²) >= 11 is 0. The second-order valence-electron chi connectivity index (χ2n) is 6.00. The van der Waals surface area contributed by atoms with E-state index in [4.69, 9.17) is 0 Å². The Bertz CT molecular complexity index is 547. The molecule has 0 spiro atoms. The molecular formula is C17H24FN3O2. The van der Waals surface area contributed by atoms with E-state index >= 15 is 0 Å². The second kappa shape index (κ2) is 8.06. The number of carbonyl (C=O) groups excluding carboxylic acids is 2. The Balaban J connectivity index is 1.87. The average molecular weight is 321 g/mol. The molecule has 1 atom stereocenters. The van der Waals surface area contributed by atoms with Crippen molar-refractivity contribution in [2.75, 3.05) is 26.2 Å². The number of nitrogens with zero attached hydrogens (tertiary/aromatic N) is 2. The monoisotopic (exact) mass is 321 g/mol. The molecule has 0 bridgehead atoms. The van der Waals surface area contributed by atoms with E-state index in [1.165, 1.54) is 19.1 Å². The average Bonchev–Trinajstić information content (AvgIpc) is 2.74. The fourth-order valence-electron chi connectivity index (χ4n) is 2.84. The van der Waals surface area contributed by atoms with Crippen molar-refractivity contribution in [1.29, 1.82) is 0 Å². The van der Waals surface area contributed by atoms with Crippen LogP contribution in [0.25, 0.3) is 0 Å². The van der Waals surface area contributed by atoms with Gasteiger partial charge in [-0.3, -0.25) is 14.5 Å². The zero-order valence-corrected chi connectivity index (χ0v) is 13.7. The zero-order chi connectivity index (χ0) is 16.8. The fraction of sp³-hybridized carbons (Fsp3) is 0.529. The lowest BCUT2D eigenvalue weighted by Gasteiger charge is -2.25. The summed E-state index contributed by atoms with van der Waals surface area (Å²) in [5.41, 5.74) is 1.07. The predicted octanol–water partition coefficient (Wildman–Crippen LogP) is 1.38. The fourth-order valence-corrected chi connectivity index (χ4v) is 2.84. The third kappa shape index (κ3) is 5.32.